The predicted octanol–water partition coefficient (Wildman–Crippen LogP) is 2.67. The van der Waals surface area contributed by atoms with Crippen LogP contribution in [-0.2, 0) is 0 Å². The molecule has 0 saturated carbocycles. The smallest absolute Gasteiger partial charge is 0.352 e. The van der Waals surface area contributed by atoms with Crippen LogP contribution in [0.1, 0.15) is 5.69 Å². The Morgan fingerprint density at radius 3 is 2.75 bits per heavy atom. The molecule has 1 aromatic carbocycles. The molecule has 0 saturated heterocycles. The van der Waals surface area contributed by atoms with Gasteiger partial charge in [-0.2, -0.15) is 4.98 Å². The Morgan fingerprint density at radius 2 is 2.15 bits per heavy atom. The summed E-state index contributed by atoms with van der Waals surface area (Å²) >= 11 is 0. The van der Waals surface area contributed by atoms with Crippen LogP contribution in [-0.4, -0.2) is 21.9 Å². The van der Waals surface area contributed by atoms with Crippen molar-refractivity contribution in [3.05, 3.63) is 45.9 Å². The summed E-state index contributed by atoms with van der Waals surface area (Å²) in [5, 5.41) is 13.7. The van der Waals surface area contributed by atoms with Gasteiger partial charge < -0.3 is 10.1 Å². The number of aromatic nitrogens is 2. The minimum Gasteiger partial charge on any atom is -0.433 e. The van der Waals surface area contributed by atoms with Crippen molar-refractivity contribution in [2.24, 2.45) is 0 Å². The normalized spacial score (nSPS) is 10.2. The number of ether oxygens (including phenoxy) is 1. The Balaban J connectivity index is 2.48. The second kappa shape index (κ2) is 5.47. The molecule has 2 rings (SSSR count). The van der Waals surface area contributed by atoms with Gasteiger partial charge in [0.25, 0.3) is 0 Å². The van der Waals surface area contributed by atoms with Crippen molar-refractivity contribution in [1.29, 1.82) is 0 Å². The SMILES string of the molecule is CNc1nc(C)c([N+](=O)[O-])c(Oc2cccc(F)c2)n1. The van der Waals surface area contributed by atoms with E-state index in [1.165, 1.54) is 25.1 Å². The Hall–Kier alpha value is -2.77. The Labute approximate surface area is 113 Å². The average Bonchev–Trinajstić information content (AvgIpc) is 2.37. The first-order valence-electron chi connectivity index (χ1n) is 5.65. The van der Waals surface area contributed by atoms with Crippen LogP contribution in [0.3, 0.4) is 0 Å². The zero-order valence-corrected chi connectivity index (χ0v) is 10.8. The number of nitrogens with one attached hydrogen (secondary N) is 1. The molecule has 0 fully saturated rings. The lowest BCUT2D eigenvalue weighted by Crippen LogP contribution is -2.05. The standard InChI is InChI=1S/C12H11FN4O3/c1-7-10(17(18)19)11(16-12(14-2)15-7)20-9-5-3-4-8(13)6-9/h3-6H,1-2H3,(H,14,15,16). The van der Waals surface area contributed by atoms with Gasteiger partial charge in [-0.25, -0.2) is 9.37 Å². The Morgan fingerprint density at radius 1 is 1.40 bits per heavy atom. The van der Waals surface area contributed by atoms with Crippen LogP contribution in [0.15, 0.2) is 24.3 Å². The van der Waals surface area contributed by atoms with E-state index in [9.17, 15) is 14.5 Å². The molecule has 0 unspecified atom stereocenters. The van der Waals surface area contributed by atoms with Crippen molar-refractivity contribution in [3.63, 3.8) is 0 Å². The van der Waals surface area contributed by atoms with Crippen molar-refractivity contribution in [3.8, 4) is 11.6 Å². The number of nitro groups is 1. The number of benzene rings is 1. The van der Waals surface area contributed by atoms with Crippen molar-refractivity contribution < 1.29 is 14.1 Å². The molecule has 104 valence electrons. The maximum absolute atomic E-state index is 13.1. The fourth-order valence-electron chi connectivity index (χ4n) is 1.58. The molecule has 0 atom stereocenters. The first kappa shape index (κ1) is 13.7. The van der Waals surface area contributed by atoms with E-state index in [0.29, 0.717) is 0 Å². The number of hydrogen-bond donors (Lipinski definition) is 1. The third-order valence-corrected chi connectivity index (χ3v) is 2.44. The minimum atomic E-state index is -0.636. The summed E-state index contributed by atoms with van der Waals surface area (Å²) in [6.07, 6.45) is 0. The van der Waals surface area contributed by atoms with Crippen molar-refractivity contribution in [1.82, 2.24) is 9.97 Å². The van der Waals surface area contributed by atoms with Crippen molar-refractivity contribution in [2.75, 3.05) is 12.4 Å². The molecule has 1 N–H and O–H groups in total. The summed E-state index contributed by atoms with van der Waals surface area (Å²) in [4.78, 5) is 18.2. The number of hydrogen-bond acceptors (Lipinski definition) is 6. The van der Waals surface area contributed by atoms with Gasteiger partial charge in [-0.05, 0) is 19.1 Å². The lowest BCUT2D eigenvalue weighted by atomic mass is 10.3. The van der Waals surface area contributed by atoms with Crippen LogP contribution in [0.2, 0.25) is 0 Å². The first-order chi connectivity index (χ1) is 9.51. The summed E-state index contributed by atoms with van der Waals surface area (Å²) < 4.78 is 18.4. The number of halogens is 1. The highest BCUT2D eigenvalue weighted by atomic mass is 19.1. The first-order valence-corrected chi connectivity index (χ1v) is 5.65. The molecule has 0 aliphatic carbocycles. The molecule has 0 aliphatic rings. The summed E-state index contributed by atoms with van der Waals surface area (Å²) in [6.45, 7) is 1.47. The van der Waals surface area contributed by atoms with Gasteiger partial charge in [-0.15, -0.1) is 0 Å². The fraction of sp³-hybridized carbons (Fsp3) is 0.167. The van der Waals surface area contributed by atoms with E-state index in [4.69, 9.17) is 4.74 Å². The highest BCUT2D eigenvalue weighted by Gasteiger charge is 2.24. The second-order valence-corrected chi connectivity index (χ2v) is 3.85. The third-order valence-electron chi connectivity index (χ3n) is 2.44. The fourth-order valence-corrected chi connectivity index (χ4v) is 1.58. The summed E-state index contributed by atoms with van der Waals surface area (Å²) in [6, 6.07) is 5.26. The van der Waals surface area contributed by atoms with Crippen LogP contribution < -0.4 is 10.1 Å². The zero-order valence-electron chi connectivity index (χ0n) is 10.8. The van der Waals surface area contributed by atoms with E-state index in [0.717, 1.165) is 6.07 Å². The van der Waals surface area contributed by atoms with Crippen LogP contribution in [0, 0.1) is 22.9 Å². The van der Waals surface area contributed by atoms with Crippen LogP contribution in [0.4, 0.5) is 16.0 Å². The largest absolute Gasteiger partial charge is 0.433 e. The maximum atomic E-state index is 13.1. The maximum Gasteiger partial charge on any atom is 0.352 e. The second-order valence-electron chi connectivity index (χ2n) is 3.85. The number of rotatable bonds is 4. The molecule has 20 heavy (non-hydrogen) atoms. The Bertz CT molecular complexity index is 663. The van der Waals surface area contributed by atoms with Gasteiger partial charge in [-0.1, -0.05) is 6.07 Å². The number of aryl methyl sites for hydroxylation is 1. The van der Waals surface area contributed by atoms with E-state index in [1.807, 2.05) is 0 Å². The van der Waals surface area contributed by atoms with Crippen molar-refractivity contribution in [2.45, 2.75) is 6.92 Å². The van der Waals surface area contributed by atoms with Gasteiger partial charge in [-0.3, -0.25) is 10.1 Å². The number of anilines is 1. The van der Waals surface area contributed by atoms with Crippen LogP contribution in [0.25, 0.3) is 0 Å². The van der Waals surface area contributed by atoms with Crippen molar-refractivity contribution >= 4 is 11.6 Å². The monoisotopic (exact) mass is 278 g/mol. The van der Waals surface area contributed by atoms with Gasteiger partial charge in [0.15, 0.2) is 0 Å². The predicted molar refractivity (Wildman–Crippen MR) is 69.4 cm³/mol. The van der Waals surface area contributed by atoms with Crippen LogP contribution in [0.5, 0.6) is 11.6 Å². The molecule has 8 heteroatoms. The minimum absolute atomic E-state index is 0.119. The highest BCUT2D eigenvalue weighted by Crippen LogP contribution is 2.32. The summed E-state index contributed by atoms with van der Waals surface area (Å²) in [5.74, 6) is -0.449. The van der Waals surface area contributed by atoms with Crippen LogP contribution >= 0.6 is 0 Å². The van der Waals surface area contributed by atoms with Gasteiger partial charge in [0.1, 0.15) is 17.3 Å². The lowest BCUT2D eigenvalue weighted by molar-refractivity contribution is -0.386. The molecule has 0 bridgehead atoms. The molecule has 0 amide bonds. The van der Waals surface area contributed by atoms with E-state index in [1.54, 1.807) is 7.05 Å². The van der Waals surface area contributed by atoms with Gasteiger partial charge in [0, 0.05) is 13.1 Å². The molecule has 0 aliphatic heterocycles. The van der Waals surface area contributed by atoms with E-state index >= 15 is 0 Å². The molecule has 1 heterocycles. The molecular formula is C12H11FN4O3. The topological polar surface area (TPSA) is 90.2 Å². The summed E-state index contributed by atoms with van der Waals surface area (Å²) in [5.41, 5.74) is -0.200. The molecule has 0 radical (unpaired) electrons. The van der Waals surface area contributed by atoms with E-state index < -0.39 is 10.7 Å². The molecule has 1 aromatic heterocycles. The zero-order chi connectivity index (χ0) is 14.7. The molecule has 2 aromatic rings. The van der Waals surface area contributed by atoms with Gasteiger partial charge >= 0.3 is 11.6 Å². The lowest BCUT2D eigenvalue weighted by Gasteiger charge is -2.08. The third kappa shape index (κ3) is 2.79. The average molecular weight is 278 g/mol. The highest BCUT2D eigenvalue weighted by molar-refractivity contribution is 5.50. The summed E-state index contributed by atoms with van der Waals surface area (Å²) in [7, 11) is 1.58. The molecule has 0 spiro atoms. The van der Waals surface area contributed by atoms with Gasteiger partial charge in [0.2, 0.25) is 5.95 Å². The Kier molecular flexibility index (Phi) is 3.74. The molecular weight excluding hydrogens is 267 g/mol. The number of nitrogens with zero attached hydrogens (tertiary/aromatic N) is 3. The van der Waals surface area contributed by atoms with E-state index in [-0.39, 0.29) is 29.0 Å². The van der Waals surface area contributed by atoms with E-state index in [2.05, 4.69) is 15.3 Å². The quantitative estimate of drug-likeness (QED) is 0.683. The molecule has 7 nitrogen and oxygen atoms in total. The van der Waals surface area contributed by atoms with Gasteiger partial charge in [0.05, 0.1) is 4.92 Å².